The fourth-order valence-corrected chi connectivity index (χ4v) is 2.78. The van der Waals surface area contributed by atoms with E-state index in [1.807, 2.05) is 7.11 Å². The van der Waals surface area contributed by atoms with Crippen LogP contribution in [0.3, 0.4) is 0 Å². The van der Waals surface area contributed by atoms with Crippen LogP contribution in [0, 0.1) is 5.92 Å². The van der Waals surface area contributed by atoms with E-state index in [-0.39, 0.29) is 0 Å². The standard InChI is InChI=1S/C10H19NO/c1-12-10-6-2-4-8(10)9-5-3-7-11-9/h8-11H,2-7H2,1H3. The summed E-state index contributed by atoms with van der Waals surface area (Å²) in [7, 11) is 1.86. The average Bonchev–Trinajstić information content (AvgIpc) is 2.74. The minimum atomic E-state index is 0.542. The van der Waals surface area contributed by atoms with Crippen LogP contribution in [0.4, 0.5) is 0 Å². The zero-order valence-electron chi connectivity index (χ0n) is 7.88. The van der Waals surface area contributed by atoms with Crippen molar-refractivity contribution in [2.75, 3.05) is 13.7 Å². The summed E-state index contributed by atoms with van der Waals surface area (Å²) >= 11 is 0. The van der Waals surface area contributed by atoms with Crippen LogP contribution < -0.4 is 5.32 Å². The highest BCUT2D eigenvalue weighted by atomic mass is 16.5. The molecule has 12 heavy (non-hydrogen) atoms. The number of rotatable bonds is 2. The molecule has 2 aliphatic rings. The Labute approximate surface area is 74.7 Å². The summed E-state index contributed by atoms with van der Waals surface area (Å²) in [5, 5.41) is 3.58. The highest BCUT2D eigenvalue weighted by Gasteiger charge is 2.34. The fourth-order valence-electron chi connectivity index (χ4n) is 2.78. The van der Waals surface area contributed by atoms with Crippen LogP contribution in [0.1, 0.15) is 32.1 Å². The number of hydrogen-bond acceptors (Lipinski definition) is 2. The second kappa shape index (κ2) is 3.75. The zero-order valence-corrected chi connectivity index (χ0v) is 7.88. The molecule has 1 saturated heterocycles. The van der Waals surface area contributed by atoms with E-state index in [9.17, 15) is 0 Å². The van der Waals surface area contributed by atoms with Crippen LogP contribution in [0.2, 0.25) is 0 Å². The summed E-state index contributed by atoms with van der Waals surface area (Å²) in [6, 6.07) is 0.762. The third kappa shape index (κ3) is 1.50. The molecule has 2 fully saturated rings. The van der Waals surface area contributed by atoms with E-state index in [2.05, 4.69) is 5.32 Å². The normalized spacial score (nSPS) is 42.2. The van der Waals surface area contributed by atoms with Crippen molar-refractivity contribution in [3.05, 3.63) is 0 Å². The van der Waals surface area contributed by atoms with Gasteiger partial charge < -0.3 is 10.1 Å². The Kier molecular flexibility index (Phi) is 2.66. The SMILES string of the molecule is COC1CCCC1C1CCCN1. The molecule has 0 aromatic carbocycles. The minimum absolute atomic E-state index is 0.542. The van der Waals surface area contributed by atoms with E-state index >= 15 is 0 Å². The molecule has 3 atom stereocenters. The van der Waals surface area contributed by atoms with Gasteiger partial charge >= 0.3 is 0 Å². The monoisotopic (exact) mass is 169 g/mol. The topological polar surface area (TPSA) is 21.3 Å². The molecule has 3 unspecified atom stereocenters. The molecule has 2 rings (SSSR count). The molecule has 0 radical (unpaired) electrons. The van der Waals surface area contributed by atoms with Crippen molar-refractivity contribution in [1.29, 1.82) is 0 Å². The van der Waals surface area contributed by atoms with E-state index in [0.29, 0.717) is 6.10 Å². The van der Waals surface area contributed by atoms with Gasteiger partial charge in [-0.25, -0.2) is 0 Å². The number of hydrogen-bond donors (Lipinski definition) is 1. The third-order valence-electron chi connectivity index (χ3n) is 3.42. The van der Waals surface area contributed by atoms with Gasteiger partial charge in [0.1, 0.15) is 0 Å². The summed E-state index contributed by atoms with van der Waals surface area (Å²) in [5.74, 6) is 0.803. The Morgan fingerprint density at radius 3 is 2.75 bits per heavy atom. The lowest BCUT2D eigenvalue weighted by Crippen LogP contribution is -2.35. The zero-order chi connectivity index (χ0) is 8.39. The van der Waals surface area contributed by atoms with Crippen molar-refractivity contribution >= 4 is 0 Å². The molecule has 2 heteroatoms. The van der Waals surface area contributed by atoms with Gasteiger partial charge in [-0.15, -0.1) is 0 Å². The molecule has 1 heterocycles. The summed E-state index contributed by atoms with van der Waals surface area (Å²) < 4.78 is 5.50. The summed E-state index contributed by atoms with van der Waals surface area (Å²) in [4.78, 5) is 0. The summed E-state index contributed by atoms with van der Waals surface area (Å²) in [6.45, 7) is 1.22. The van der Waals surface area contributed by atoms with Crippen LogP contribution in [0.15, 0.2) is 0 Å². The molecule has 0 aromatic rings. The molecule has 0 spiro atoms. The Morgan fingerprint density at radius 1 is 1.17 bits per heavy atom. The van der Waals surface area contributed by atoms with Gasteiger partial charge in [-0.2, -0.15) is 0 Å². The lowest BCUT2D eigenvalue weighted by molar-refractivity contribution is 0.0588. The van der Waals surface area contributed by atoms with Crippen LogP contribution in [0.5, 0.6) is 0 Å². The minimum Gasteiger partial charge on any atom is -0.381 e. The van der Waals surface area contributed by atoms with Gasteiger partial charge in [0.25, 0.3) is 0 Å². The Hall–Kier alpha value is -0.0800. The quantitative estimate of drug-likeness (QED) is 0.677. The fraction of sp³-hybridized carbons (Fsp3) is 1.00. The van der Waals surface area contributed by atoms with Gasteiger partial charge in [0.2, 0.25) is 0 Å². The smallest absolute Gasteiger partial charge is 0.0614 e. The first-order chi connectivity index (χ1) is 5.92. The van der Waals surface area contributed by atoms with Crippen molar-refractivity contribution in [2.45, 2.75) is 44.2 Å². The average molecular weight is 169 g/mol. The largest absolute Gasteiger partial charge is 0.381 e. The molecule has 0 amide bonds. The first kappa shape index (κ1) is 8.52. The van der Waals surface area contributed by atoms with Gasteiger partial charge in [0.15, 0.2) is 0 Å². The molecular formula is C10H19NO. The Morgan fingerprint density at radius 2 is 2.08 bits per heavy atom. The first-order valence-electron chi connectivity index (χ1n) is 5.18. The van der Waals surface area contributed by atoms with Gasteiger partial charge in [0, 0.05) is 19.1 Å². The van der Waals surface area contributed by atoms with Crippen LogP contribution in [0.25, 0.3) is 0 Å². The molecule has 2 nitrogen and oxygen atoms in total. The lowest BCUT2D eigenvalue weighted by Gasteiger charge is -2.24. The molecular weight excluding hydrogens is 150 g/mol. The highest BCUT2D eigenvalue weighted by molar-refractivity contribution is 4.90. The summed E-state index contributed by atoms with van der Waals surface area (Å²) in [6.07, 6.45) is 7.28. The van der Waals surface area contributed by atoms with E-state index in [1.165, 1.54) is 38.6 Å². The van der Waals surface area contributed by atoms with Crippen LogP contribution >= 0.6 is 0 Å². The number of nitrogens with one attached hydrogen (secondary N) is 1. The molecule has 0 bridgehead atoms. The third-order valence-corrected chi connectivity index (χ3v) is 3.42. The first-order valence-corrected chi connectivity index (χ1v) is 5.18. The van der Waals surface area contributed by atoms with Gasteiger partial charge in [-0.3, -0.25) is 0 Å². The molecule has 1 aliphatic carbocycles. The maximum atomic E-state index is 5.50. The van der Waals surface area contributed by atoms with Gasteiger partial charge in [-0.1, -0.05) is 6.42 Å². The molecule has 70 valence electrons. The van der Waals surface area contributed by atoms with E-state index in [1.54, 1.807) is 0 Å². The Bertz CT molecular complexity index is 143. The van der Waals surface area contributed by atoms with Crippen molar-refractivity contribution in [3.8, 4) is 0 Å². The van der Waals surface area contributed by atoms with Crippen molar-refractivity contribution in [1.82, 2.24) is 5.32 Å². The van der Waals surface area contributed by atoms with Gasteiger partial charge in [0.05, 0.1) is 6.10 Å². The van der Waals surface area contributed by atoms with E-state index in [0.717, 1.165) is 12.0 Å². The van der Waals surface area contributed by atoms with Gasteiger partial charge in [-0.05, 0) is 32.2 Å². The predicted molar refractivity (Wildman–Crippen MR) is 49.2 cm³/mol. The second-order valence-electron chi connectivity index (χ2n) is 4.07. The number of ether oxygens (including phenoxy) is 1. The van der Waals surface area contributed by atoms with Crippen molar-refractivity contribution in [3.63, 3.8) is 0 Å². The molecule has 0 aromatic heterocycles. The lowest BCUT2D eigenvalue weighted by atomic mass is 9.95. The molecule has 1 saturated carbocycles. The maximum Gasteiger partial charge on any atom is 0.0614 e. The van der Waals surface area contributed by atoms with E-state index in [4.69, 9.17) is 4.74 Å². The van der Waals surface area contributed by atoms with Crippen molar-refractivity contribution < 1.29 is 4.74 Å². The second-order valence-corrected chi connectivity index (χ2v) is 4.07. The summed E-state index contributed by atoms with van der Waals surface area (Å²) in [5.41, 5.74) is 0. The van der Waals surface area contributed by atoms with Crippen LogP contribution in [-0.2, 0) is 4.74 Å². The molecule has 1 aliphatic heterocycles. The predicted octanol–water partition coefficient (Wildman–Crippen LogP) is 1.55. The van der Waals surface area contributed by atoms with Crippen LogP contribution in [-0.4, -0.2) is 25.8 Å². The molecule has 1 N–H and O–H groups in total. The van der Waals surface area contributed by atoms with E-state index < -0.39 is 0 Å². The van der Waals surface area contributed by atoms with Crippen molar-refractivity contribution in [2.24, 2.45) is 5.92 Å². The highest BCUT2D eigenvalue weighted by Crippen LogP contribution is 2.33. The Balaban J connectivity index is 1.92. The maximum absolute atomic E-state index is 5.50. The number of methoxy groups -OCH3 is 1.